The molecule has 1 atom stereocenters. The third-order valence-electron chi connectivity index (χ3n) is 4.80. The Bertz CT molecular complexity index is 1210. The minimum atomic E-state index is -3.99. The van der Waals surface area contributed by atoms with Gasteiger partial charge in [0.2, 0.25) is 10.0 Å². The lowest BCUT2D eigenvalue weighted by atomic mass is 10.1. The van der Waals surface area contributed by atoms with Crippen LogP contribution in [-0.4, -0.2) is 31.6 Å². The summed E-state index contributed by atoms with van der Waals surface area (Å²) in [5, 5.41) is 11.9. The molecule has 1 amide bonds. The number of carboxylic acids is 1. The number of para-hydroxylation sites is 1. The number of rotatable bonds is 8. The molecule has 0 bridgehead atoms. The van der Waals surface area contributed by atoms with Crippen LogP contribution in [0, 0.1) is 5.92 Å². The molecule has 0 radical (unpaired) electrons. The minimum absolute atomic E-state index is 0.0318. The Balaban J connectivity index is 1.67. The molecule has 0 heterocycles. The number of ether oxygens (including phenoxy) is 1. The van der Waals surface area contributed by atoms with Gasteiger partial charge in [0, 0.05) is 5.69 Å². The molecule has 0 spiro atoms. The summed E-state index contributed by atoms with van der Waals surface area (Å²) in [7, 11) is -3.99. The average Bonchev–Trinajstić information content (AvgIpc) is 2.78. The van der Waals surface area contributed by atoms with Gasteiger partial charge >= 0.3 is 12.1 Å². The third-order valence-corrected chi connectivity index (χ3v) is 6.25. The van der Waals surface area contributed by atoms with Crippen LogP contribution in [0.1, 0.15) is 13.8 Å². The highest BCUT2D eigenvalue weighted by Gasteiger charge is 2.27. The van der Waals surface area contributed by atoms with Gasteiger partial charge in [-0.3, -0.25) is 10.1 Å². The quantitative estimate of drug-likeness (QED) is 0.452. The topological polar surface area (TPSA) is 122 Å². The van der Waals surface area contributed by atoms with E-state index in [0.29, 0.717) is 11.4 Å². The summed E-state index contributed by atoms with van der Waals surface area (Å²) in [6, 6.07) is 20.5. The first-order valence-electron chi connectivity index (χ1n) is 10.2. The molecule has 3 aromatic rings. The molecular formula is C24H24N2O6S. The number of sulfonamides is 1. The second kappa shape index (κ2) is 10.3. The molecule has 0 aliphatic rings. The first-order valence-corrected chi connectivity index (χ1v) is 11.6. The Morgan fingerprint density at radius 1 is 0.848 bits per heavy atom. The van der Waals surface area contributed by atoms with Crippen molar-refractivity contribution in [3.05, 3.63) is 78.9 Å². The molecule has 0 saturated carbocycles. The molecule has 3 aromatic carbocycles. The van der Waals surface area contributed by atoms with Crippen molar-refractivity contribution in [2.24, 2.45) is 5.92 Å². The fraction of sp³-hybridized carbons (Fsp3) is 0.167. The highest BCUT2D eigenvalue weighted by atomic mass is 32.2. The molecule has 0 fully saturated rings. The molecule has 0 aromatic heterocycles. The number of hydrogen-bond donors (Lipinski definition) is 3. The second-order valence-corrected chi connectivity index (χ2v) is 9.32. The molecule has 3 N–H and O–H groups in total. The normalized spacial score (nSPS) is 12.2. The lowest BCUT2D eigenvalue weighted by Gasteiger charge is -2.18. The summed E-state index contributed by atoms with van der Waals surface area (Å²) >= 11 is 0. The van der Waals surface area contributed by atoms with Gasteiger partial charge in [0.15, 0.2) is 0 Å². The molecular weight excluding hydrogens is 444 g/mol. The number of carbonyl (C=O) groups excluding carboxylic acids is 1. The van der Waals surface area contributed by atoms with E-state index in [-0.39, 0.29) is 4.90 Å². The van der Waals surface area contributed by atoms with Crippen LogP contribution < -0.4 is 14.8 Å². The monoisotopic (exact) mass is 468 g/mol. The van der Waals surface area contributed by atoms with Gasteiger partial charge in [0.05, 0.1) is 4.90 Å². The minimum Gasteiger partial charge on any atom is -0.480 e. The molecule has 172 valence electrons. The number of carboxylic acid groups (broad SMARTS) is 1. The highest BCUT2D eigenvalue weighted by molar-refractivity contribution is 7.89. The number of anilines is 1. The van der Waals surface area contributed by atoms with Crippen molar-refractivity contribution in [1.82, 2.24) is 4.72 Å². The Kier molecular flexibility index (Phi) is 7.47. The Hall–Kier alpha value is -3.69. The summed E-state index contributed by atoms with van der Waals surface area (Å²) in [6.45, 7) is 3.26. The SMILES string of the molecule is CC(C)C(NS(=O)(=O)c1ccc(-c2ccc(OC(=O)Nc3ccccc3)cc2)cc1)C(=O)O. The predicted octanol–water partition coefficient (Wildman–Crippen LogP) is 4.35. The van der Waals surface area contributed by atoms with E-state index < -0.39 is 34.0 Å². The summed E-state index contributed by atoms with van der Waals surface area (Å²) in [5.41, 5.74) is 2.15. The molecule has 0 aliphatic carbocycles. The number of amides is 1. The van der Waals surface area contributed by atoms with Crippen LogP contribution in [0.5, 0.6) is 5.75 Å². The lowest BCUT2D eigenvalue weighted by Crippen LogP contribution is -2.44. The largest absolute Gasteiger partial charge is 0.480 e. The fourth-order valence-corrected chi connectivity index (χ4v) is 4.36. The number of carbonyl (C=O) groups is 2. The van der Waals surface area contributed by atoms with Crippen LogP contribution in [0.3, 0.4) is 0 Å². The average molecular weight is 469 g/mol. The van der Waals surface area contributed by atoms with E-state index in [2.05, 4.69) is 10.0 Å². The first-order chi connectivity index (χ1) is 15.7. The van der Waals surface area contributed by atoms with Crippen molar-refractivity contribution < 1.29 is 27.9 Å². The maximum Gasteiger partial charge on any atom is 0.417 e. The zero-order valence-electron chi connectivity index (χ0n) is 18.1. The number of benzene rings is 3. The fourth-order valence-electron chi connectivity index (χ4n) is 3.02. The van der Waals surface area contributed by atoms with Crippen molar-refractivity contribution >= 4 is 27.8 Å². The van der Waals surface area contributed by atoms with E-state index in [4.69, 9.17) is 4.74 Å². The van der Waals surface area contributed by atoms with Crippen LogP contribution in [0.4, 0.5) is 10.5 Å². The Labute approximate surface area is 192 Å². The Morgan fingerprint density at radius 2 is 1.39 bits per heavy atom. The smallest absolute Gasteiger partial charge is 0.417 e. The van der Waals surface area contributed by atoms with Crippen LogP contribution in [0.25, 0.3) is 11.1 Å². The maximum absolute atomic E-state index is 12.5. The van der Waals surface area contributed by atoms with E-state index in [1.165, 1.54) is 12.1 Å². The van der Waals surface area contributed by atoms with Gasteiger partial charge < -0.3 is 9.84 Å². The van der Waals surface area contributed by atoms with Gasteiger partial charge in [-0.1, -0.05) is 56.3 Å². The van der Waals surface area contributed by atoms with Crippen molar-refractivity contribution in [2.75, 3.05) is 5.32 Å². The zero-order valence-corrected chi connectivity index (χ0v) is 18.9. The van der Waals surface area contributed by atoms with Gasteiger partial charge in [0.25, 0.3) is 0 Å². The molecule has 3 rings (SSSR count). The van der Waals surface area contributed by atoms with E-state index in [1.807, 2.05) is 6.07 Å². The van der Waals surface area contributed by atoms with Gasteiger partial charge in [-0.15, -0.1) is 0 Å². The van der Waals surface area contributed by atoms with Crippen LogP contribution >= 0.6 is 0 Å². The molecule has 0 saturated heterocycles. The highest BCUT2D eigenvalue weighted by Crippen LogP contribution is 2.24. The standard InChI is InChI=1S/C24H24N2O6S/c1-16(2)22(23(27)28)26-33(30,31)21-14-10-18(11-15-21)17-8-12-20(13-9-17)32-24(29)25-19-6-4-3-5-7-19/h3-16,22,26H,1-2H3,(H,25,29)(H,27,28). The van der Waals surface area contributed by atoms with Gasteiger partial charge in [-0.25, -0.2) is 13.2 Å². The summed E-state index contributed by atoms with van der Waals surface area (Å²) in [6.07, 6.45) is -0.614. The van der Waals surface area contributed by atoms with E-state index in [1.54, 1.807) is 74.5 Å². The summed E-state index contributed by atoms with van der Waals surface area (Å²) in [4.78, 5) is 23.3. The zero-order chi connectivity index (χ0) is 24.0. The molecule has 0 aliphatic heterocycles. The summed E-state index contributed by atoms with van der Waals surface area (Å²) < 4.78 is 32.6. The third kappa shape index (κ3) is 6.41. The Morgan fingerprint density at radius 3 is 1.91 bits per heavy atom. The number of nitrogens with one attached hydrogen (secondary N) is 2. The lowest BCUT2D eigenvalue weighted by molar-refractivity contribution is -0.140. The second-order valence-electron chi connectivity index (χ2n) is 7.61. The van der Waals surface area contributed by atoms with Crippen molar-refractivity contribution in [2.45, 2.75) is 24.8 Å². The van der Waals surface area contributed by atoms with Gasteiger partial charge in [0.1, 0.15) is 11.8 Å². The number of aliphatic carboxylic acids is 1. The van der Waals surface area contributed by atoms with Gasteiger partial charge in [-0.2, -0.15) is 4.72 Å². The van der Waals surface area contributed by atoms with Crippen LogP contribution in [0.15, 0.2) is 83.8 Å². The molecule has 1 unspecified atom stereocenters. The van der Waals surface area contributed by atoms with Crippen LogP contribution in [0.2, 0.25) is 0 Å². The van der Waals surface area contributed by atoms with E-state index in [9.17, 15) is 23.1 Å². The molecule has 33 heavy (non-hydrogen) atoms. The van der Waals surface area contributed by atoms with Gasteiger partial charge in [-0.05, 0) is 53.4 Å². The first kappa shape index (κ1) is 24.0. The van der Waals surface area contributed by atoms with Crippen molar-refractivity contribution in [3.8, 4) is 16.9 Å². The van der Waals surface area contributed by atoms with Crippen molar-refractivity contribution in [3.63, 3.8) is 0 Å². The summed E-state index contributed by atoms with van der Waals surface area (Å²) in [5.74, 6) is -1.29. The molecule has 8 nitrogen and oxygen atoms in total. The van der Waals surface area contributed by atoms with E-state index in [0.717, 1.165) is 11.1 Å². The number of hydrogen-bond acceptors (Lipinski definition) is 5. The van der Waals surface area contributed by atoms with E-state index >= 15 is 0 Å². The predicted molar refractivity (Wildman–Crippen MR) is 125 cm³/mol. The van der Waals surface area contributed by atoms with Crippen LogP contribution in [-0.2, 0) is 14.8 Å². The maximum atomic E-state index is 12.5. The van der Waals surface area contributed by atoms with Crippen molar-refractivity contribution in [1.29, 1.82) is 0 Å². The molecule has 9 heteroatoms.